The molecule has 98 valence electrons. The van der Waals surface area contributed by atoms with Gasteiger partial charge >= 0.3 is 0 Å². The maximum absolute atomic E-state index is 13.4. The number of benzene rings is 1. The first kappa shape index (κ1) is 13.0. The van der Waals surface area contributed by atoms with Gasteiger partial charge in [-0.1, -0.05) is 6.92 Å². The highest BCUT2D eigenvalue weighted by atomic mass is 19.1. The maximum Gasteiger partial charge on any atom is 0.254 e. The van der Waals surface area contributed by atoms with Crippen molar-refractivity contribution in [1.29, 1.82) is 0 Å². The number of rotatable bonds is 2. The molecule has 1 fully saturated rings. The second-order valence-electron chi connectivity index (χ2n) is 4.67. The summed E-state index contributed by atoms with van der Waals surface area (Å²) in [5.41, 5.74) is -0.235. The fourth-order valence-electron chi connectivity index (χ4n) is 2.15. The van der Waals surface area contributed by atoms with E-state index in [1.165, 1.54) is 0 Å². The van der Waals surface area contributed by atoms with Crippen LogP contribution in [0.15, 0.2) is 18.2 Å². The number of hydrogen-bond donors (Lipinski definition) is 2. The van der Waals surface area contributed by atoms with E-state index in [1.807, 2.05) is 6.92 Å². The SMILES string of the molecule is CC1CNCCC1NC(=O)c1cc(F)ccc1F. The molecule has 2 rings (SSSR count). The fourth-order valence-corrected chi connectivity index (χ4v) is 2.15. The molecule has 1 aromatic rings. The van der Waals surface area contributed by atoms with Crippen molar-refractivity contribution in [1.82, 2.24) is 10.6 Å². The second kappa shape index (κ2) is 5.44. The van der Waals surface area contributed by atoms with Crippen LogP contribution in [0.25, 0.3) is 0 Å². The van der Waals surface area contributed by atoms with E-state index in [0.717, 1.165) is 37.7 Å². The van der Waals surface area contributed by atoms with Crippen LogP contribution in [-0.2, 0) is 0 Å². The van der Waals surface area contributed by atoms with E-state index >= 15 is 0 Å². The lowest BCUT2D eigenvalue weighted by Crippen LogP contribution is -2.48. The van der Waals surface area contributed by atoms with Crippen molar-refractivity contribution in [2.24, 2.45) is 5.92 Å². The third-order valence-electron chi connectivity index (χ3n) is 3.27. The summed E-state index contributed by atoms with van der Waals surface area (Å²) < 4.78 is 26.4. The van der Waals surface area contributed by atoms with Crippen molar-refractivity contribution in [3.63, 3.8) is 0 Å². The molecular weight excluding hydrogens is 238 g/mol. The van der Waals surface area contributed by atoms with Gasteiger partial charge in [-0.2, -0.15) is 0 Å². The minimum atomic E-state index is -0.699. The Hall–Kier alpha value is -1.49. The lowest BCUT2D eigenvalue weighted by molar-refractivity contribution is 0.0909. The smallest absolute Gasteiger partial charge is 0.254 e. The van der Waals surface area contributed by atoms with Crippen LogP contribution in [0.3, 0.4) is 0 Å². The number of halogens is 2. The monoisotopic (exact) mass is 254 g/mol. The van der Waals surface area contributed by atoms with Gasteiger partial charge < -0.3 is 10.6 Å². The third-order valence-corrected chi connectivity index (χ3v) is 3.27. The van der Waals surface area contributed by atoms with Crippen LogP contribution in [0.2, 0.25) is 0 Å². The number of carbonyl (C=O) groups is 1. The molecule has 0 bridgehead atoms. The predicted molar refractivity (Wildman–Crippen MR) is 64.3 cm³/mol. The van der Waals surface area contributed by atoms with Gasteiger partial charge in [-0.25, -0.2) is 8.78 Å². The van der Waals surface area contributed by atoms with Crippen molar-refractivity contribution in [3.05, 3.63) is 35.4 Å². The molecule has 0 saturated carbocycles. The average Bonchev–Trinajstić information content (AvgIpc) is 2.35. The molecule has 1 aliphatic rings. The van der Waals surface area contributed by atoms with Crippen molar-refractivity contribution in [3.8, 4) is 0 Å². The van der Waals surface area contributed by atoms with Gasteiger partial charge in [0.25, 0.3) is 5.91 Å². The van der Waals surface area contributed by atoms with Crippen molar-refractivity contribution in [2.75, 3.05) is 13.1 Å². The highest BCUT2D eigenvalue weighted by molar-refractivity contribution is 5.94. The van der Waals surface area contributed by atoms with Gasteiger partial charge in [0.1, 0.15) is 11.6 Å². The molecule has 0 radical (unpaired) electrons. The van der Waals surface area contributed by atoms with E-state index in [1.54, 1.807) is 0 Å². The Balaban J connectivity index is 2.09. The Labute approximate surface area is 105 Å². The summed E-state index contributed by atoms with van der Waals surface area (Å²) in [6.45, 7) is 3.65. The lowest BCUT2D eigenvalue weighted by atomic mass is 9.95. The first-order valence-corrected chi connectivity index (χ1v) is 6.04. The van der Waals surface area contributed by atoms with Crippen LogP contribution in [0.1, 0.15) is 23.7 Å². The minimum absolute atomic E-state index is 0.00131. The highest BCUT2D eigenvalue weighted by Gasteiger charge is 2.24. The van der Waals surface area contributed by atoms with Gasteiger partial charge in [-0.3, -0.25) is 4.79 Å². The van der Waals surface area contributed by atoms with Gasteiger partial charge in [-0.15, -0.1) is 0 Å². The van der Waals surface area contributed by atoms with Crippen molar-refractivity contribution >= 4 is 5.91 Å². The molecule has 0 spiro atoms. The van der Waals surface area contributed by atoms with E-state index < -0.39 is 17.5 Å². The quantitative estimate of drug-likeness (QED) is 0.843. The Morgan fingerprint density at radius 3 is 2.94 bits per heavy atom. The van der Waals surface area contributed by atoms with E-state index in [4.69, 9.17) is 0 Å². The largest absolute Gasteiger partial charge is 0.349 e. The zero-order valence-corrected chi connectivity index (χ0v) is 10.2. The number of amides is 1. The van der Waals surface area contributed by atoms with Crippen LogP contribution >= 0.6 is 0 Å². The third kappa shape index (κ3) is 2.85. The maximum atomic E-state index is 13.4. The highest BCUT2D eigenvalue weighted by Crippen LogP contribution is 2.14. The molecule has 1 amide bonds. The Morgan fingerprint density at radius 1 is 1.44 bits per heavy atom. The molecule has 1 aliphatic heterocycles. The summed E-state index contributed by atoms with van der Waals surface area (Å²) in [5, 5.41) is 5.98. The van der Waals surface area contributed by atoms with E-state index in [2.05, 4.69) is 10.6 Å². The molecule has 0 aromatic heterocycles. The fraction of sp³-hybridized carbons (Fsp3) is 0.462. The summed E-state index contributed by atoms with van der Waals surface area (Å²) in [7, 11) is 0. The molecule has 1 aromatic carbocycles. The Morgan fingerprint density at radius 2 is 2.22 bits per heavy atom. The van der Waals surface area contributed by atoms with Crippen molar-refractivity contribution in [2.45, 2.75) is 19.4 Å². The molecule has 18 heavy (non-hydrogen) atoms. The minimum Gasteiger partial charge on any atom is -0.349 e. The number of hydrogen-bond acceptors (Lipinski definition) is 2. The van der Waals surface area contributed by atoms with Gasteiger partial charge in [0.05, 0.1) is 5.56 Å². The topological polar surface area (TPSA) is 41.1 Å². The molecule has 0 aliphatic carbocycles. The van der Waals surface area contributed by atoms with Crippen LogP contribution in [0, 0.1) is 17.6 Å². The van der Waals surface area contributed by atoms with E-state index in [-0.39, 0.29) is 17.5 Å². The van der Waals surface area contributed by atoms with E-state index in [9.17, 15) is 13.6 Å². The van der Waals surface area contributed by atoms with Crippen LogP contribution in [0.4, 0.5) is 8.78 Å². The summed E-state index contributed by atoms with van der Waals surface area (Å²) in [6, 6.07) is 2.90. The van der Waals surface area contributed by atoms with Crippen LogP contribution in [-0.4, -0.2) is 25.0 Å². The molecule has 2 N–H and O–H groups in total. The Bertz CT molecular complexity index is 451. The average molecular weight is 254 g/mol. The normalized spacial score (nSPS) is 23.7. The first-order chi connectivity index (χ1) is 8.58. The number of piperidine rings is 1. The first-order valence-electron chi connectivity index (χ1n) is 6.04. The summed E-state index contributed by atoms with van der Waals surface area (Å²) in [6.07, 6.45) is 0.795. The second-order valence-corrected chi connectivity index (χ2v) is 4.67. The van der Waals surface area contributed by atoms with Crippen LogP contribution < -0.4 is 10.6 Å². The van der Waals surface area contributed by atoms with Gasteiger partial charge in [0, 0.05) is 6.04 Å². The summed E-state index contributed by atoms with van der Waals surface area (Å²) in [4.78, 5) is 11.9. The van der Waals surface area contributed by atoms with Gasteiger partial charge in [-0.05, 0) is 43.6 Å². The van der Waals surface area contributed by atoms with Gasteiger partial charge in [0.2, 0.25) is 0 Å². The Kier molecular flexibility index (Phi) is 3.91. The van der Waals surface area contributed by atoms with Crippen LogP contribution in [0.5, 0.6) is 0 Å². The van der Waals surface area contributed by atoms with Gasteiger partial charge in [0.15, 0.2) is 0 Å². The molecular formula is C13H16F2N2O. The molecule has 1 heterocycles. The molecule has 5 heteroatoms. The summed E-state index contributed by atoms with van der Waals surface area (Å²) >= 11 is 0. The van der Waals surface area contributed by atoms with E-state index in [0.29, 0.717) is 0 Å². The zero-order valence-electron chi connectivity index (χ0n) is 10.2. The van der Waals surface area contributed by atoms with Crippen molar-refractivity contribution < 1.29 is 13.6 Å². The predicted octanol–water partition coefficient (Wildman–Crippen LogP) is 1.69. The summed E-state index contributed by atoms with van der Waals surface area (Å²) in [5.74, 6) is -1.58. The molecule has 1 saturated heterocycles. The number of nitrogens with one attached hydrogen (secondary N) is 2. The standard InChI is InChI=1S/C13H16F2N2O/c1-8-7-16-5-4-12(8)17-13(18)10-6-9(14)2-3-11(10)15/h2-3,6,8,12,16H,4-5,7H2,1H3,(H,17,18). The molecule has 3 nitrogen and oxygen atoms in total. The number of carbonyl (C=O) groups excluding carboxylic acids is 1. The zero-order chi connectivity index (χ0) is 13.1. The molecule has 2 atom stereocenters. The lowest BCUT2D eigenvalue weighted by Gasteiger charge is -2.30. The molecule has 2 unspecified atom stereocenters.